The van der Waals surface area contributed by atoms with Crippen LogP contribution in [0.3, 0.4) is 0 Å². The number of ether oxygens (including phenoxy) is 1. The lowest BCUT2D eigenvalue weighted by molar-refractivity contribution is -0.121. The van der Waals surface area contributed by atoms with Crippen molar-refractivity contribution in [1.29, 1.82) is 5.26 Å². The Balaban J connectivity index is 2.37. The largest absolute Gasteiger partial charge is 0.395 e. The molecule has 102 valence electrons. The van der Waals surface area contributed by atoms with E-state index in [4.69, 9.17) is 15.7 Å². The van der Waals surface area contributed by atoms with Crippen LogP contribution in [0, 0.1) is 11.3 Å². The molecule has 0 fully saturated rings. The van der Waals surface area contributed by atoms with E-state index in [2.05, 4.69) is 15.6 Å². The van der Waals surface area contributed by atoms with E-state index in [1.165, 1.54) is 12.3 Å². The van der Waals surface area contributed by atoms with Crippen LogP contribution in [0.15, 0.2) is 12.3 Å². The van der Waals surface area contributed by atoms with Crippen LogP contribution in [0.25, 0.3) is 0 Å². The van der Waals surface area contributed by atoms with Crippen LogP contribution in [0.4, 0.5) is 11.5 Å². The molecule has 0 aliphatic heterocycles. The Morgan fingerprint density at radius 1 is 1.58 bits per heavy atom. The molecule has 1 rings (SSSR count). The molecule has 0 bridgehead atoms. The molecule has 7 heteroatoms. The second-order valence-corrected chi connectivity index (χ2v) is 3.75. The van der Waals surface area contributed by atoms with Gasteiger partial charge < -0.3 is 21.1 Å². The lowest BCUT2D eigenvalue weighted by Gasteiger charge is -2.09. The SMILES string of the molecule is COCCNC(=O)CCNc1nccc(C#N)c1N. The fourth-order valence-corrected chi connectivity index (χ4v) is 1.39. The van der Waals surface area contributed by atoms with Gasteiger partial charge in [-0.05, 0) is 6.07 Å². The van der Waals surface area contributed by atoms with E-state index in [1.54, 1.807) is 7.11 Å². The first-order valence-electron chi connectivity index (χ1n) is 5.83. The summed E-state index contributed by atoms with van der Waals surface area (Å²) in [7, 11) is 1.57. The van der Waals surface area contributed by atoms with E-state index in [-0.39, 0.29) is 5.91 Å². The standard InChI is InChI=1S/C12H17N5O2/c1-19-7-6-15-10(18)3-5-17-12-11(14)9(8-13)2-4-16-12/h2,4H,3,5-7,14H2,1H3,(H,15,18)(H,16,17). The minimum Gasteiger partial charge on any atom is -0.395 e. The number of carbonyl (C=O) groups is 1. The topological polar surface area (TPSA) is 113 Å². The maximum Gasteiger partial charge on any atom is 0.221 e. The summed E-state index contributed by atoms with van der Waals surface area (Å²) in [5.41, 5.74) is 6.40. The number of hydrogen-bond acceptors (Lipinski definition) is 6. The van der Waals surface area contributed by atoms with Gasteiger partial charge in [-0.1, -0.05) is 0 Å². The normalized spacial score (nSPS) is 9.68. The summed E-state index contributed by atoms with van der Waals surface area (Å²) in [6.45, 7) is 1.36. The average molecular weight is 263 g/mol. The number of amides is 1. The number of nitrogens with two attached hydrogens (primary N) is 1. The molecule has 1 aromatic rings. The third kappa shape index (κ3) is 4.81. The molecule has 0 aliphatic carbocycles. The zero-order valence-corrected chi connectivity index (χ0v) is 10.8. The number of rotatable bonds is 7. The van der Waals surface area contributed by atoms with Crippen molar-refractivity contribution in [1.82, 2.24) is 10.3 Å². The first kappa shape index (κ1) is 14.7. The molecule has 0 atom stereocenters. The summed E-state index contributed by atoms with van der Waals surface area (Å²) in [5.74, 6) is 0.336. The van der Waals surface area contributed by atoms with Gasteiger partial charge in [0.1, 0.15) is 6.07 Å². The Morgan fingerprint density at radius 3 is 3.05 bits per heavy atom. The summed E-state index contributed by atoms with van der Waals surface area (Å²) in [6.07, 6.45) is 1.79. The fourth-order valence-electron chi connectivity index (χ4n) is 1.39. The predicted octanol–water partition coefficient (Wildman–Crippen LogP) is 0.100. The molecule has 4 N–H and O–H groups in total. The lowest BCUT2D eigenvalue weighted by atomic mass is 10.2. The van der Waals surface area contributed by atoms with Crippen molar-refractivity contribution < 1.29 is 9.53 Å². The van der Waals surface area contributed by atoms with E-state index >= 15 is 0 Å². The van der Waals surface area contributed by atoms with Crippen LogP contribution in [0.2, 0.25) is 0 Å². The van der Waals surface area contributed by atoms with E-state index < -0.39 is 0 Å². The van der Waals surface area contributed by atoms with Crippen LogP contribution < -0.4 is 16.4 Å². The monoisotopic (exact) mass is 263 g/mol. The van der Waals surface area contributed by atoms with Gasteiger partial charge in [0.15, 0.2) is 5.82 Å². The molecule has 0 unspecified atom stereocenters. The zero-order valence-electron chi connectivity index (χ0n) is 10.8. The van der Waals surface area contributed by atoms with Crippen molar-refractivity contribution in [3.8, 4) is 6.07 Å². The molecule has 1 aromatic heterocycles. The highest BCUT2D eigenvalue weighted by Gasteiger charge is 2.06. The first-order chi connectivity index (χ1) is 9.19. The summed E-state index contributed by atoms with van der Waals surface area (Å²) < 4.78 is 4.82. The Bertz CT molecular complexity index is 470. The van der Waals surface area contributed by atoms with E-state index in [0.717, 1.165) is 0 Å². The minimum absolute atomic E-state index is 0.0837. The molecule has 0 saturated heterocycles. The third-order valence-electron chi connectivity index (χ3n) is 2.38. The van der Waals surface area contributed by atoms with Crippen molar-refractivity contribution in [2.75, 3.05) is 37.9 Å². The van der Waals surface area contributed by atoms with Gasteiger partial charge in [0.25, 0.3) is 0 Å². The second kappa shape index (κ2) is 7.89. The van der Waals surface area contributed by atoms with E-state index in [9.17, 15) is 4.79 Å². The van der Waals surface area contributed by atoms with Gasteiger partial charge in [-0.15, -0.1) is 0 Å². The first-order valence-corrected chi connectivity index (χ1v) is 5.83. The molecule has 0 spiro atoms. The van der Waals surface area contributed by atoms with Crippen LogP contribution in [-0.4, -0.2) is 37.7 Å². The quantitative estimate of drug-likeness (QED) is 0.601. The van der Waals surface area contributed by atoms with Crippen LogP contribution in [0.1, 0.15) is 12.0 Å². The molecule has 1 heterocycles. The van der Waals surface area contributed by atoms with Crippen molar-refractivity contribution in [3.63, 3.8) is 0 Å². The number of hydrogen-bond donors (Lipinski definition) is 3. The number of aromatic nitrogens is 1. The zero-order chi connectivity index (χ0) is 14.1. The Hall–Kier alpha value is -2.33. The smallest absolute Gasteiger partial charge is 0.221 e. The van der Waals surface area contributed by atoms with Crippen LogP contribution in [0.5, 0.6) is 0 Å². The molecule has 0 radical (unpaired) electrons. The highest BCUT2D eigenvalue weighted by atomic mass is 16.5. The fraction of sp³-hybridized carbons (Fsp3) is 0.417. The number of anilines is 2. The van der Waals surface area contributed by atoms with Crippen molar-refractivity contribution in [2.24, 2.45) is 0 Å². The Labute approximate surface area is 111 Å². The van der Waals surface area contributed by atoms with Crippen LogP contribution >= 0.6 is 0 Å². The summed E-state index contributed by atoms with van der Waals surface area (Å²) >= 11 is 0. The maximum atomic E-state index is 11.4. The summed E-state index contributed by atoms with van der Waals surface area (Å²) in [4.78, 5) is 15.4. The van der Waals surface area contributed by atoms with E-state index in [0.29, 0.717) is 43.2 Å². The number of nitriles is 1. The molecular formula is C12H17N5O2. The number of pyridine rings is 1. The molecular weight excluding hydrogens is 246 g/mol. The molecule has 0 aromatic carbocycles. The van der Waals surface area contributed by atoms with E-state index in [1.807, 2.05) is 6.07 Å². The maximum absolute atomic E-state index is 11.4. The van der Waals surface area contributed by atoms with Gasteiger partial charge in [0.2, 0.25) is 5.91 Å². The highest BCUT2D eigenvalue weighted by molar-refractivity contribution is 5.76. The third-order valence-corrected chi connectivity index (χ3v) is 2.38. The van der Waals surface area contributed by atoms with Crippen molar-refractivity contribution >= 4 is 17.4 Å². The van der Waals surface area contributed by atoms with Crippen LogP contribution in [-0.2, 0) is 9.53 Å². The number of carbonyl (C=O) groups excluding carboxylic acids is 1. The average Bonchev–Trinajstić information content (AvgIpc) is 2.41. The number of nitrogen functional groups attached to an aromatic ring is 1. The van der Waals surface area contributed by atoms with Gasteiger partial charge in [-0.2, -0.15) is 5.26 Å². The summed E-state index contributed by atoms with van der Waals surface area (Å²) in [6, 6.07) is 3.51. The number of nitrogens with zero attached hydrogens (tertiary/aromatic N) is 2. The predicted molar refractivity (Wildman–Crippen MR) is 71.4 cm³/mol. The molecule has 7 nitrogen and oxygen atoms in total. The highest BCUT2D eigenvalue weighted by Crippen LogP contribution is 2.18. The van der Waals surface area contributed by atoms with Crippen molar-refractivity contribution in [3.05, 3.63) is 17.8 Å². The van der Waals surface area contributed by atoms with Gasteiger partial charge in [0.05, 0.1) is 17.9 Å². The van der Waals surface area contributed by atoms with Gasteiger partial charge in [-0.3, -0.25) is 4.79 Å². The van der Waals surface area contributed by atoms with Gasteiger partial charge in [0, 0.05) is 32.8 Å². The van der Waals surface area contributed by atoms with Crippen molar-refractivity contribution in [2.45, 2.75) is 6.42 Å². The Kier molecular flexibility index (Phi) is 6.12. The lowest BCUT2D eigenvalue weighted by Crippen LogP contribution is -2.28. The molecule has 0 saturated carbocycles. The summed E-state index contributed by atoms with van der Waals surface area (Å²) in [5, 5.41) is 14.4. The Morgan fingerprint density at radius 2 is 2.37 bits per heavy atom. The van der Waals surface area contributed by atoms with Gasteiger partial charge in [-0.25, -0.2) is 4.98 Å². The molecule has 19 heavy (non-hydrogen) atoms. The minimum atomic E-state index is -0.0837. The molecule has 0 aliphatic rings. The number of methoxy groups -OCH3 is 1. The molecule has 1 amide bonds. The van der Waals surface area contributed by atoms with Gasteiger partial charge >= 0.3 is 0 Å². The number of nitrogens with one attached hydrogen (secondary N) is 2. The second-order valence-electron chi connectivity index (χ2n) is 3.75.